The van der Waals surface area contributed by atoms with E-state index in [1.54, 1.807) is 7.11 Å². The van der Waals surface area contributed by atoms with Gasteiger partial charge in [0.1, 0.15) is 0 Å². The maximum atomic E-state index is 12.7. The van der Waals surface area contributed by atoms with Crippen LogP contribution in [0.15, 0.2) is 0 Å². The van der Waals surface area contributed by atoms with Crippen molar-refractivity contribution in [1.82, 2.24) is 25.3 Å². The second-order valence-corrected chi connectivity index (χ2v) is 6.55. The number of rotatable bonds is 7. The van der Waals surface area contributed by atoms with E-state index in [1.807, 2.05) is 4.68 Å². The molecule has 2 aliphatic heterocycles. The van der Waals surface area contributed by atoms with Crippen LogP contribution in [0.3, 0.4) is 0 Å². The van der Waals surface area contributed by atoms with Gasteiger partial charge in [0, 0.05) is 50.5 Å². The van der Waals surface area contributed by atoms with Crippen molar-refractivity contribution in [1.29, 1.82) is 0 Å². The van der Waals surface area contributed by atoms with E-state index in [9.17, 15) is 4.79 Å². The van der Waals surface area contributed by atoms with Crippen LogP contribution >= 0.6 is 0 Å². The van der Waals surface area contributed by atoms with Crippen molar-refractivity contribution in [3.05, 3.63) is 17.0 Å². The van der Waals surface area contributed by atoms with Gasteiger partial charge in [-0.1, -0.05) is 6.92 Å². The highest BCUT2D eigenvalue weighted by atomic mass is 16.5. The van der Waals surface area contributed by atoms with Gasteiger partial charge in [-0.05, 0) is 25.9 Å². The summed E-state index contributed by atoms with van der Waals surface area (Å²) in [5, 5.41) is 11.0. The Labute approximate surface area is 143 Å². The highest BCUT2D eigenvalue weighted by Crippen LogP contribution is 2.19. The second-order valence-electron chi connectivity index (χ2n) is 6.55. The summed E-state index contributed by atoms with van der Waals surface area (Å²) in [7, 11) is 1.69. The fourth-order valence-corrected chi connectivity index (χ4v) is 3.80. The highest BCUT2D eigenvalue weighted by molar-refractivity contribution is 5.94. The van der Waals surface area contributed by atoms with E-state index in [-0.39, 0.29) is 5.91 Å². The van der Waals surface area contributed by atoms with Gasteiger partial charge in [-0.25, -0.2) is 0 Å². The number of aromatic nitrogens is 2. The third-order valence-electron chi connectivity index (χ3n) is 5.13. The average Bonchev–Trinajstić information content (AvgIpc) is 3.22. The first kappa shape index (κ1) is 17.4. The van der Waals surface area contributed by atoms with E-state index < -0.39 is 0 Å². The largest absolute Gasteiger partial charge is 0.383 e. The first-order valence-electron chi connectivity index (χ1n) is 9.05. The molecule has 0 bridgehead atoms. The Bertz CT molecular complexity index is 572. The molecule has 0 saturated carbocycles. The molecule has 1 fully saturated rings. The zero-order valence-corrected chi connectivity index (χ0v) is 14.8. The molecule has 0 spiro atoms. The number of carbonyl (C=O) groups is 1. The lowest BCUT2D eigenvalue weighted by atomic mass is 10.1. The van der Waals surface area contributed by atoms with Gasteiger partial charge >= 0.3 is 0 Å². The van der Waals surface area contributed by atoms with Crippen LogP contribution in [0.25, 0.3) is 0 Å². The summed E-state index contributed by atoms with van der Waals surface area (Å²) in [6.07, 6.45) is 3.29. The molecular formula is C17H29N5O2. The second kappa shape index (κ2) is 8.09. The summed E-state index contributed by atoms with van der Waals surface area (Å²) in [4.78, 5) is 15.1. The van der Waals surface area contributed by atoms with E-state index in [1.165, 1.54) is 12.1 Å². The van der Waals surface area contributed by atoms with Crippen LogP contribution in [0.5, 0.6) is 0 Å². The summed E-state index contributed by atoms with van der Waals surface area (Å²) in [5.74, 6) is -0.0472. The lowest BCUT2D eigenvalue weighted by molar-refractivity contribution is 0.0934. The monoisotopic (exact) mass is 335 g/mol. The first-order chi connectivity index (χ1) is 11.7. The van der Waals surface area contributed by atoms with Crippen LogP contribution < -0.4 is 10.6 Å². The highest BCUT2D eigenvalue weighted by Gasteiger charge is 2.27. The number of ether oxygens (including phenoxy) is 1. The van der Waals surface area contributed by atoms with Crippen molar-refractivity contribution in [2.45, 2.75) is 45.3 Å². The number of hydrogen-bond acceptors (Lipinski definition) is 5. The normalized spacial score (nSPS) is 21.0. The van der Waals surface area contributed by atoms with Crippen LogP contribution in [-0.4, -0.2) is 66.5 Å². The molecule has 0 aromatic carbocycles. The molecule has 0 aliphatic carbocycles. The minimum Gasteiger partial charge on any atom is -0.383 e. The fourth-order valence-electron chi connectivity index (χ4n) is 3.80. The summed E-state index contributed by atoms with van der Waals surface area (Å²) >= 11 is 0. The number of carbonyl (C=O) groups excluding carboxylic acids is 1. The topological polar surface area (TPSA) is 71.4 Å². The minimum atomic E-state index is -0.0472. The van der Waals surface area contributed by atoms with E-state index in [2.05, 4.69) is 27.6 Å². The van der Waals surface area contributed by atoms with Crippen molar-refractivity contribution in [3.63, 3.8) is 0 Å². The molecule has 1 unspecified atom stereocenters. The SMILES string of the molecule is CCN1CCCC1CNC(=O)c1nn(CCOC)c2c1CNCC2. The van der Waals surface area contributed by atoms with Crippen LogP contribution in [0, 0.1) is 0 Å². The Morgan fingerprint density at radius 3 is 3.17 bits per heavy atom. The van der Waals surface area contributed by atoms with E-state index in [0.29, 0.717) is 31.4 Å². The van der Waals surface area contributed by atoms with Gasteiger partial charge in [-0.15, -0.1) is 0 Å². The Morgan fingerprint density at radius 2 is 2.38 bits per heavy atom. The number of fused-ring (bicyclic) bond motifs is 1. The van der Waals surface area contributed by atoms with Gasteiger partial charge in [0.2, 0.25) is 0 Å². The van der Waals surface area contributed by atoms with Crippen LogP contribution in [0.1, 0.15) is 41.5 Å². The number of hydrogen-bond donors (Lipinski definition) is 2. The molecule has 24 heavy (non-hydrogen) atoms. The smallest absolute Gasteiger partial charge is 0.272 e. The van der Waals surface area contributed by atoms with Crippen LogP contribution in [-0.2, 0) is 24.2 Å². The van der Waals surface area contributed by atoms with Crippen molar-refractivity contribution in [3.8, 4) is 0 Å². The van der Waals surface area contributed by atoms with Gasteiger partial charge in [0.25, 0.3) is 5.91 Å². The molecule has 1 aromatic rings. The molecule has 134 valence electrons. The number of methoxy groups -OCH3 is 1. The lowest BCUT2D eigenvalue weighted by Crippen LogP contribution is -2.40. The predicted octanol–water partition coefficient (Wildman–Crippen LogP) is 0.389. The Kier molecular flexibility index (Phi) is 5.86. The molecule has 7 heteroatoms. The van der Waals surface area contributed by atoms with Crippen LogP contribution in [0.4, 0.5) is 0 Å². The average molecular weight is 335 g/mol. The van der Waals surface area contributed by atoms with E-state index in [0.717, 1.165) is 44.6 Å². The van der Waals surface area contributed by atoms with Gasteiger partial charge in [-0.3, -0.25) is 14.4 Å². The number of nitrogens with one attached hydrogen (secondary N) is 2. The molecule has 1 saturated heterocycles. The Morgan fingerprint density at radius 1 is 1.50 bits per heavy atom. The Balaban J connectivity index is 1.68. The van der Waals surface area contributed by atoms with Crippen molar-refractivity contribution < 1.29 is 9.53 Å². The third-order valence-corrected chi connectivity index (χ3v) is 5.13. The Hall–Kier alpha value is -1.44. The molecule has 3 rings (SSSR count). The maximum absolute atomic E-state index is 12.7. The van der Waals surface area contributed by atoms with Gasteiger partial charge in [-0.2, -0.15) is 5.10 Å². The number of likely N-dealkylation sites (tertiary alicyclic amines) is 1. The number of amides is 1. The molecule has 3 heterocycles. The minimum absolute atomic E-state index is 0.0472. The van der Waals surface area contributed by atoms with Crippen molar-refractivity contribution >= 4 is 5.91 Å². The van der Waals surface area contributed by atoms with E-state index in [4.69, 9.17) is 4.74 Å². The third kappa shape index (κ3) is 3.63. The zero-order valence-electron chi connectivity index (χ0n) is 14.8. The fraction of sp³-hybridized carbons (Fsp3) is 0.765. The van der Waals surface area contributed by atoms with Crippen LogP contribution in [0.2, 0.25) is 0 Å². The predicted molar refractivity (Wildman–Crippen MR) is 92.1 cm³/mol. The molecule has 0 radical (unpaired) electrons. The summed E-state index contributed by atoms with van der Waals surface area (Å²) in [6, 6.07) is 0.462. The summed E-state index contributed by atoms with van der Waals surface area (Å²) < 4.78 is 7.11. The molecular weight excluding hydrogens is 306 g/mol. The molecule has 7 nitrogen and oxygen atoms in total. The zero-order chi connectivity index (χ0) is 16.9. The number of nitrogens with zero attached hydrogens (tertiary/aromatic N) is 3. The number of likely N-dealkylation sites (N-methyl/N-ethyl adjacent to an activating group) is 1. The molecule has 2 N–H and O–H groups in total. The van der Waals surface area contributed by atoms with Gasteiger partial charge in [0.05, 0.1) is 13.2 Å². The van der Waals surface area contributed by atoms with E-state index >= 15 is 0 Å². The summed E-state index contributed by atoms with van der Waals surface area (Å²) in [6.45, 7) is 8.03. The van der Waals surface area contributed by atoms with Gasteiger partial charge in [0.15, 0.2) is 5.69 Å². The van der Waals surface area contributed by atoms with Gasteiger partial charge < -0.3 is 15.4 Å². The molecule has 1 atom stereocenters. The standard InChI is InChI=1S/C17H29N5O2/c1-3-21-8-4-5-13(21)11-19-17(23)16-14-12-18-7-6-15(14)22(20-16)9-10-24-2/h13,18H,3-12H2,1-2H3,(H,19,23). The lowest BCUT2D eigenvalue weighted by Gasteiger charge is -2.22. The molecule has 2 aliphatic rings. The maximum Gasteiger partial charge on any atom is 0.272 e. The molecule has 1 amide bonds. The molecule has 1 aromatic heterocycles. The van der Waals surface area contributed by atoms with Crippen molar-refractivity contribution in [2.75, 3.05) is 39.9 Å². The quantitative estimate of drug-likeness (QED) is 0.754. The first-order valence-corrected chi connectivity index (χ1v) is 9.05. The summed E-state index contributed by atoms with van der Waals surface area (Å²) in [5.41, 5.74) is 2.80. The van der Waals surface area contributed by atoms with Crippen molar-refractivity contribution in [2.24, 2.45) is 0 Å².